The van der Waals surface area contributed by atoms with Gasteiger partial charge < -0.3 is 9.47 Å². The van der Waals surface area contributed by atoms with Crippen LogP contribution in [-0.4, -0.2) is 28.4 Å². The van der Waals surface area contributed by atoms with Crippen molar-refractivity contribution in [2.24, 2.45) is 0 Å². The summed E-state index contributed by atoms with van der Waals surface area (Å²) >= 11 is 0. The van der Waals surface area contributed by atoms with Crippen molar-refractivity contribution >= 4 is 5.91 Å². The minimum Gasteiger partial charge on any atom is -0.486 e. The van der Waals surface area contributed by atoms with Crippen LogP contribution in [-0.2, 0) is 0 Å². The van der Waals surface area contributed by atoms with E-state index < -0.39 is 0 Å². The molecule has 0 aliphatic carbocycles. The minimum atomic E-state index is -0.0965. The Balaban J connectivity index is 1.59. The number of carbonyl (C=O) groups excluding carboxylic acids is 1. The lowest BCUT2D eigenvalue weighted by atomic mass is 10.1. The van der Waals surface area contributed by atoms with Gasteiger partial charge >= 0.3 is 0 Å². The summed E-state index contributed by atoms with van der Waals surface area (Å²) in [6, 6.07) is 9.48. The summed E-state index contributed by atoms with van der Waals surface area (Å²) in [5, 5.41) is 4.20. The van der Waals surface area contributed by atoms with Gasteiger partial charge in [0.25, 0.3) is 0 Å². The maximum Gasteiger partial charge on any atom is 0.247 e. The van der Waals surface area contributed by atoms with Crippen LogP contribution in [0.1, 0.15) is 29.0 Å². The van der Waals surface area contributed by atoms with E-state index in [1.165, 1.54) is 4.68 Å². The molecule has 110 valence electrons. The molecule has 3 rings (SSSR count). The molecule has 2 heterocycles. The molecule has 0 radical (unpaired) electrons. The minimum absolute atomic E-state index is 0.0111. The van der Waals surface area contributed by atoms with Gasteiger partial charge in [0.15, 0.2) is 11.5 Å². The summed E-state index contributed by atoms with van der Waals surface area (Å²) in [6.45, 7) is 4.24. The van der Waals surface area contributed by atoms with Gasteiger partial charge in [-0.3, -0.25) is 4.79 Å². The SMILES string of the molecule is Cc1cc(C)n(C(=O)CC[C@H]2COc3ccccc3O2)n1. The number of nitrogens with zero attached hydrogens (tertiary/aromatic N) is 2. The Kier molecular flexibility index (Phi) is 3.64. The van der Waals surface area contributed by atoms with E-state index >= 15 is 0 Å². The van der Waals surface area contributed by atoms with Crippen LogP contribution in [0.15, 0.2) is 30.3 Å². The highest BCUT2D eigenvalue weighted by Crippen LogP contribution is 2.31. The number of carbonyl (C=O) groups is 1. The molecule has 1 aliphatic heterocycles. The van der Waals surface area contributed by atoms with E-state index in [-0.39, 0.29) is 12.0 Å². The maximum absolute atomic E-state index is 12.2. The molecule has 21 heavy (non-hydrogen) atoms. The zero-order valence-electron chi connectivity index (χ0n) is 12.2. The van der Waals surface area contributed by atoms with E-state index in [1.54, 1.807) is 0 Å². The van der Waals surface area contributed by atoms with Crippen LogP contribution < -0.4 is 9.47 Å². The highest BCUT2D eigenvalue weighted by Gasteiger charge is 2.22. The first-order chi connectivity index (χ1) is 10.1. The van der Waals surface area contributed by atoms with E-state index in [2.05, 4.69) is 5.10 Å². The van der Waals surface area contributed by atoms with Gasteiger partial charge in [0.2, 0.25) is 5.91 Å². The Bertz CT molecular complexity index is 663. The first-order valence-corrected chi connectivity index (χ1v) is 7.08. The predicted molar refractivity (Wildman–Crippen MR) is 77.9 cm³/mol. The van der Waals surface area contributed by atoms with Gasteiger partial charge in [-0.15, -0.1) is 0 Å². The monoisotopic (exact) mass is 286 g/mol. The third-order valence-corrected chi connectivity index (χ3v) is 3.49. The summed E-state index contributed by atoms with van der Waals surface area (Å²) in [5.74, 6) is 1.49. The van der Waals surface area contributed by atoms with Gasteiger partial charge in [0, 0.05) is 12.1 Å². The number of aryl methyl sites for hydroxylation is 2. The van der Waals surface area contributed by atoms with Crippen molar-refractivity contribution in [1.29, 1.82) is 0 Å². The topological polar surface area (TPSA) is 53.4 Å². The molecule has 1 aromatic heterocycles. The second kappa shape index (κ2) is 5.60. The van der Waals surface area contributed by atoms with Crippen molar-refractivity contribution in [3.63, 3.8) is 0 Å². The number of benzene rings is 1. The zero-order valence-corrected chi connectivity index (χ0v) is 12.2. The number of ether oxygens (including phenoxy) is 2. The lowest BCUT2D eigenvalue weighted by molar-refractivity contribution is 0.0716. The zero-order chi connectivity index (χ0) is 14.8. The summed E-state index contributed by atoms with van der Waals surface area (Å²) in [7, 11) is 0. The third kappa shape index (κ3) is 2.91. The molecule has 0 N–H and O–H groups in total. The Hall–Kier alpha value is -2.30. The van der Waals surface area contributed by atoms with Crippen molar-refractivity contribution in [3.05, 3.63) is 41.7 Å². The highest BCUT2D eigenvalue weighted by atomic mass is 16.6. The molecule has 1 aromatic carbocycles. The lowest BCUT2D eigenvalue weighted by Crippen LogP contribution is -2.30. The van der Waals surface area contributed by atoms with Gasteiger partial charge in [0.1, 0.15) is 12.7 Å². The second-order valence-corrected chi connectivity index (χ2v) is 5.27. The molecule has 0 spiro atoms. The number of para-hydroxylation sites is 2. The Morgan fingerprint density at radius 1 is 1.33 bits per heavy atom. The van der Waals surface area contributed by atoms with Gasteiger partial charge in [-0.2, -0.15) is 5.10 Å². The fourth-order valence-corrected chi connectivity index (χ4v) is 2.48. The highest BCUT2D eigenvalue weighted by molar-refractivity contribution is 5.78. The smallest absolute Gasteiger partial charge is 0.247 e. The van der Waals surface area contributed by atoms with Crippen LogP contribution in [0.4, 0.5) is 0 Å². The van der Waals surface area contributed by atoms with E-state index in [1.807, 2.05) is 44.2 Å². The van der Waals surface area contributed by atoms with Crippen LogP contribution in [0, 0.1) is 13.8 Å². The van der Waals surface area contributed by atoms with E-state index in [0.717, 1.165) is 22.9 Å². The molecule has 1 atom stereocenters. The molecule has 0 saturated carbocycles. The van der Waals surface area contributed by atoms with Crippen molar-refractivity contribution in [1.82, 2.24) is 9.78 Å². The van der Waals surface area contributed by atoms with Crippen molar-refractivity contribution in [2.75, 3.05) is 6.61 Å². The van der Waals surface area contributed by atoms with Crippen LogP contribution in [0.5, 0.6) is 11.5 Å². The van der Waals surface area contributed by atoms with Crippen molar-refractivity contribution in [3.8, 4) is 11.5 Å². The Morgan fingerprint density at radius 2 is 2.10 bits per heavy atom. The van der Waals surface area contributed by atoms with E-state index in [9.17, 15) is 4.79 Å². The predicted octanol–water partition coefficient (Wildman–Crippen LogP) is 2.76. The number of rotatable bonds is 3. The fourth-order valence-electron chi connectivity index (χ4n) is 2.48. The molecule has 0 fully saturated rings. The summed E-state index contributed by atoms with van der Waals surface area (Å²) in [4.78, 5) is 12.2. The van der Waals surface area contributed by atoms with Gasteiger partial charge in [-0.05, 0) is 38.5 Å². The quantitative estimate of drug-likeness (QED) is 0.870. The fraction of sp³-hybridized carbons (Fsp3) is 0.375. The Labute approximate surface area is 123 Å². The average Bonchev–Trinajstić information content (AvgIpc) is 2.83. The van der Waals surface area contributed by atoms with Crippen LogP contribution in [0.25, 0.3) is 0 Å². The normalized spacial score (nSPS) is 16.8. The lowest BCUT2D eigenvalue weighted by Gasteiger charge is -2.26. The average molecular weight is 286 g/mol. The van der Waals surface area contributed by atoms with E-state index in [4.69, 9.17) is 9.47 Å². The van der Waals surface area contributed by atoms with Gasteiger partial charge in [-0.1, -0.05) is 12.1 Å². The molecule has 0 saturated heterocycles. The van der Waals surface area contributed by atoms with Crippen molar-refractivity contribution in [2.45, 2.75) is 32.8 Å². The number of fused-ring (bicyclic) bond motifs is 1. The van der Waals surface area contributed by atoms with Crippen LogP contribution >= 0.6 is 0 Å². The molecule has 0 bridgehead atoms. The van der Waals surface area contributed by atoms with Crippen LogP contribution in [0.2, 0.25) is 0 Å². The largest absolute Gasteiger partial charge is 0.486 e. The molecular formula is C16H18N2O3. The third-order valence-electron chi connectivity index (χ3n) is 3.49. The van der Waals surface area contributed by atoms with Crippen LogP contribution in [0.3, 0.4) is 0 Å². The molecular weight excluding hydrogens is 268 g/mol. The van der Waals surface area contributed by atoms with Gasteiger partial charge in [-0.25, -0.2) is 4.68 Å². The molecule has 5 nitrogen and oxygen atoms in total. The summed E-state index contributed by atoms with van der Waals surface area (Å²) in [5.41, 5.74) is 1.72. The number of aromatic nitrogens is 2. The summed E-state index contributed by atoms with van der Waals surface area (Å²) in [6.07, 6.45) is 0.907. The maximum atomic E-state index is 12.2. The first-order valence-electron chi connectivity index (χ1n) is 7.08. The molecule has 0 amide bonds. The van der Waals surface area contributed by atoms with Gasteiger partial charge in [0.05, 0.1) is 5.69 Å². The molecule has 1 aliphatic rings. The molecule has 0 unspecified atom stereocenters. The standard InChI is InChI=1S/C16H18N2O3/c1-11-9-12(2)18(17-11)16(19)8-7-13-10-20-14-5-3-4-6-15(14)21-13/h3-6,9,13H,7-8,10H2,1-2H3/t13-/m0/s1. The summed E-state index contributed by atoms with van der Waals surface area (Å²) < 4.78 is 13.0. The number of hydrogen-bond donors (Lipinski definition) is 0. The Morgan fingerprint density at radius 3 is 2.81 bits per heavy atom. The molecule has 2 aromatic rings. The first kappa shape index (κ1) is 13.7. The number of hydrogen-bond acceptors (Lipinski definition) is 4. The van der Waals surface area contributed by atoms with E-state index in [0.29, 0.717) is 19.4 Å². The van der Waals surface area contributed by atoms with Crippen molar-refractivity contribution < 1.29 is 14.3 Å². The molecule has 5 heteroatoms. The second-order valence-electron chi connectivity index (χ2n) is 5.27.